The van der Waals surface area contributed by atoms with Crippen LogP contribution in [0.15, 0.2) is 29.2 Å². The summed E-state index contributed by atoms with van der Waals surface area (Å²) in [6.07, 6.45) is -3.20. The van der Waals surface area contributed by atoms with E-state index in [0.29, 0.717) is 12.8 Å². The number of halogens is 3. The molecule has 1 atom stereocenters. The molecule has 2 N–H and O–H groups in total. The number of piperidine rings is 1. The van der Waals surface area contributed by atoms with Crippen LogP contribution in [-0.2, 0) is 20.8 Å². The normalized spacial score (nSPS) is 24.9. The van der Waals surface area contributed by atoms with E-state index in [4.69, 9.17) is 4.74 Å². The molecule has 2 aliphatic heterocycles. The molecular formula is C14H17F3N2O3S. The van der Waals surface area contributed by atoms with Gasteiger partial charge >= 0.3 is 6.18 Å². The van der Waals surface area contributed by atoms with Crippen molar-refractivity contribution in [2.45, 2.75) is 35.0 Å². The maximum Gasteiger partial charge on any atom is 0.416 e. The number of rotatable bonds is 2. The summed E-state index contributed by atoms with van der Waals surface area (Å²) >= 11 is 0. The van der Waals surface area contributed by atoms with E-state index < -0.39 is 32.7 Å². The highest BCUT2D eigenvalue weighted by atomic mass is 32.2. The van der Waals surface area contributed by atoms with Crippen LogP contribution in [0.5, 0.6) is 0 Å². The molecule has 0 amide bonds. The minimum atomic E-state index is -4.49. The van der Waals surface area contributed by atoms with Crippen LogP contribution in [0.25, 0.3) is 0 Å². The van der Waals surface area contributed by atoms with Crippen molar-refractivity contribution in [3.8, 4) is 0 Å². The number of hydrogen-bond acceptors (Lipinski definition) is 5. The molecule has 2 fully saturated rings. The standard InChI is InChI=1S/C14H17F3N2O3S/c15-14(16,17)10-1-3-11(4-2-10)23(20,21)12-9-22-13(19-12)5-7-18-8-6-13/h1-4,12,18-19H,5-9H2. The molecule has 1 unspecified atom stereocenters. The Morgan fingerprint density at radius 3 is 2.30 bits per heavy atom. The molecule has 2 aliphatic rings. The highest BCUT2D eigenvalue weighted by Crippen LogP contribution is 2.32. The Morgan fingerprint density at radius 2 is 1.74 bits per heavy atom. The summed E-state index contributed by atoms with van der Waals surface area (Å²) < 4.78 is 68.5. The number of nitrogens with one attached hydrogen (secondary N) is 2. The lowest BCUT2D eigenvalue weighted by atomic mass is 10.0. The quantitative estimate of drug-likeness (QED) is 0.846. The summed E-state index contributed by atoms with van der Waals surface area (Å²) in [5.41, 5.74) is -1.53. The average Bonchev–Trinajstić information content (AvgIpc) is 2.92. The summed E-state index contributed by atoms with van der Waals surface area (Å²) in [6.45, 7) is 1.43. The Hall–Kier alpha value is -1.16. The number of benzene rings is 1. The van der Waals surface area contributed by atoms with Crippen LogP contribution in [-0.4, -0.2) is 39.2 Å². The zero-order chi connectivity index (χ0) is 16.7. The van der Waals surface area contributed by atoms with Crippen LogP contribution < -0.4 is 10.6 Å². The molecule has 0 radical (unpaired) electrons. The number of hydrogen-bond donors (Lipinski definition) is 2. The predicted molar refractivity (Wildman–Crippen MR) is 76.3 cm³/mol. The Bertz CT molecular complexity index is 668. The van der Waals surface area contributed by atoms with Gasteiger partial charge in [-0.2, -0.15) is 13.2 Å². The van der Waals surface area contributed by atoms with Gasteiger partial charge in [0.05, 0.1) is 17.1 Å². The monoisotopic (exact) mass is 350 g/mol. The molecule has 0 aromatic heterocycles. The molecule has 2 saturated heterocycles. The van der Waals surface area contributed by atoms with E-state index in [-0.39, 0.29) is 11.5 Å². The van der Waals surface area contributed by atoms with Gasteiger partial charge in [0.2, 0.25) is 0 Å². The molecule has 23 heavy (non-hydrogen) atoms. The van der Waals surface area contributed by atoms with Crippen molar-refractivity contribution in [3.63, 3.8) is 0 Å². The Kier molecular flexibility index (Phi) is 4.16. The van der Waals surface area contributed by atoms with Gasteiger partial charge in [-0.3, -0.25) is 5.32 Å². The van der Waals surface area contributed by atoms with Gasteiger partial charge in [-0.1, -0.05) is 0 Å². The van der Waals surface area contributed by atoms with E-state index in [9.17, 15) is 21.6 Å². The number of ether oxygens (including phenoxy) is 1. The highest BCUT2D eigenvalue weighted by molar-refractivity contribution is 7.92. The topological polar surface area (TPSA) is 67.4 Å². The summed E-state index contributed by atoms with van der Waals surface area (Å²) in [7, 11) is -3.80. The Labute approximate surface area is 132 Å². The first-order valence-electron chi connectivity index (χ1n) is 7.27. The largest absolute Gasteiger partial charge is 0.416 e. The van der Waals surface area contributed by atoms with E-state index in [1.54, 1.807) is 0 Å². The van der Waals surface area contributed by atoms with Gasteiger partial charge in [0.25, 0.3) is 0 Å². The predicted octanol–water partition coefficient (Wildman–Crippen LogP) is 1.50. The fourth-order valence-corrected chi connectivity index (χ4v) is 4.36. The van der Waals surface area contributed by atoms with Crippen molar-refractivity contribution >= 4 is 9.84 Å². The minimum absolute atomic E-state index is 0.0106. The maximum atomic E-state index is 12.6. The molecule has 1 aromatic carbocycles. The van der Waals surface area contributed by atoms with Crippen molar-refractivity contribution in [2.24, 2.45) is 0 Å². The molecule has 128 valence electrons. The molecule has 0 bridgehead atoms. The van der Waals surface area contributed by atoms with Crippen LogP contribution in [0.2, 0.25) is 0 Å². The number of sulfone groups is 1. The van der Waals surface area contributed by atoms with Crippen molar-refractivity contribution in [1.29, 1.82) is 0 Å². The van der Waals surface area contributed by atoms with Gasteiger partial charge < -0.3 is 10.1 Å². The third kappa shape index (κ3) is 3.23. The SMILES string of the molecule is O=S(=O)(c1ccc(C(F)(F)F)cc1)C1COC2(CCNCC2)N1. The summed E-state index contributed by atoms with van der Waals surface area (Å²) in [4.78, 5) is -0.141. The second-order valence-electron chi connectivity index (χ2n) is 5.76. The van der Waals surface area contributed by atoms with E-state index in [2.05, 4.69) is 10.6 Å². The summed E-state index contributed by atoms with van der Waals surface area (Å²) in [6, 6.07) is 3.55. The first kappa shape index (κ1) is 16.7. The van der Waals surface area contributed by atoms with Gasteiger partial charge in [0, 0.05) is 12.8 Å². The zero-order valence-electron chi connectivity index (χ0n) is 12.2. The lowest BCUT2D eigenvalue weighted by Gasteiger charge is -2.33. The van der Waals surface area contributed by atoms with E-state index in [1.807, 2.05) is 0 Å². The van der Waals surface area contributed by atoms with Gasteiger partial charge in [-0.15, -0.1) is 0 Å². The zero-order valence-corrected chi connectivity index (χ0v) is 13.0. The van der Waals surface area contributed by atoms with Gasteiger partial charge in [0.1, 0.15) is 11.1 Å². The van der Waals surface area contributed by atoms with Gasteiger partial charge in [0.15, 0.2) is 9.84 Å². The fourth-order valence-electron chi connectivity index (χ4n) is 2.90. The minimum Gasteiger partial charge on any atom is -0.358 e. The Morgan fingerprint density at radius 1 is 1.13 bits per heavy atom. The number of alkyl halides is 3. The molecule has 1 spiro atoms. The van der Waals surface area contributed by atoms with Gasteiger partial charge in [-0.05, 0) is 37.4 Å². The van der Waals surface area contributed by atoms with E-state index >= 15 is 0 Å². The molecule has 3 rings (SSSR count). The molecule has 5 nitrogen and oxygen atoms in total. The molecule has 0 aliphatic carbocycles. The molecule has 0 saturated carbocycles. The molecular weight excluding hydrogens is 333 g/mol. The van der Waals surface area contributed by atoms with Crippen molar-refractivity contribution in [1.82, 2.24) is 10.6 Å². The molecule has 9 heteroatoms. The third-order valence-corrected chi connectivity index (χ3v) is 6.16. The highest BCUT2D eigenvalue weighted by Gasteiger charge is 2.45. The van der Waals surface area contributed by atoms with E-state index in [0.717, 1.165) is 37.4 Å². The van der Waals surface area contributed by atoms with Crippen molar-refractivity contribution < 1.29 is 26.3 Å². The average molecular weight is 350 g/mol. The van der Waals surface area contributed by atoms with Crippen molar-refractivity contribution in [2.75, 3.05) is 19.7 Å². The molecule has 1 aromatic rings. The first-order valence-corrected chi connectivity index (χ1v) is 8.81. The van der Waals surface area contributed by atoms with Crippen LogP contribution in [0.4, 0.5) is 13.2 Å². The van der Waals surface area contributed by atoms with Crippen LogP contribution >= 0.6 is 0 Å². The van der Waals surface area contributed by atoms with Crippen molar-refractivity contribution in [3.05, 3.63) is 29.8 Å². The van der Waals surface area contributed by atoms with Gasteiger partial charge in [-0.25, -0.2) is 8.42 Å². The maximum absolute atomic E-state index is 12.6. The second-order valence-corrected chi connectivity index (χ2v) is 7.89. The second kappa shape index (κ2) is 5.73. The van der Waals surface area contributed by atoms with Crippen LogP contribution in [0.1, 0.15) is 18.4 Å². The lowest BCUT2D eigenvalue weighted by Crippen LogP contribution is -2.52. The van der Waals surface area contributed by atoms with E-state index in [1.165, 1.54) is 0 Å². The fraction of sp³-hybridized carbons (Fsp3) is 0.571. The van der Waals surface area contributed by atoms with Crippen LogP contribution in [0.3, 0.4) is 0 Å². The summed E-state index contributed by atoms with van der Waals surface area (Å²) in [5, 5.41) is 5.24. The first-order chi connectivity index (χ1) is 10.7. The summed E-state index contributed by atoms with van der Waals surface area (Å²) in [5.74, 6) is 0. The molecule has 2 heterocycles. The third-order valence-electron chi connectivity index (χ3n) is 4.23. The van der Waals surface area contributed by atoms with Crippen LogP contribution in [0, 0.1) is 0 Å². The Balaban J connectivity index is 1.79. The smallest absolute Gasteiger partial charge is 0.358 e. The lowest BCUT2D eigenvalue weighted by molar-refractivity contribution is -0.137.